The van der Waals surface area contributed by atoms with Crippen molar-refractivity contribution in [1.29, 1.82) is 0 Å². The number of hydrogen-bond acceptors (Lipinski definition) is 3. The molecule has 2 aromatic rings. The Labute approximate surface area is 136 Å². The summed E-state index contributed by atoms with van der Waals surface area (Å²) in [5.74, 6) is 0.550. The van der Waals surface area contributed by atoms with Gasteiger partial charge in [-0.15, -0.1) is 12.4 Å². The number of aromatic nitrogens is 2. The van der Waals surface area contributed by atoms with Crippen LogP contribution in [-0.2, 0) is 11.3 Å². The molecule has 0 spiro atoms. The highest BCUT2D eigenvalue weighted by Crippen LogP contribution is 2.18. The summed E-state index contributed by atoms with van der Waals surface area (Å²) >= 11 is 0. The highest BCUT2D eigenvalue weighted by atomic mass is 35.5. The molecule has 22 heavy (non-hydrogen) atoms. The van der Waals surface area contributed by atoms with E-state index < -0.39 is 0 Å². The molecule has 1 saturated heterocycles. The maximum atomic E-state index is 12.1. The minimum absolute atomic E-state index is 0. The van der Waals surface area contributed by atoms with Crippen LogP contribution in [0.25, 0.3) is 0 Å². The predicted octanol–water partition coefficient (Wildman–Crippen LogP) is 2.15. The number of nitrogens with one attached hydrogen (secondary N) is 2. The molecule has 118 valence electrons. The van der Waals surface area contributed by atoms with Crippen molar-refractivity contribution in [3.63, 3.8) is 0 Å². The standard InChI is InChI=1S/C16H20N4O.ClH/c1-12(14-7-17-8-14)16(21)19-15-9-18-20(11-15)10-13-5-3-2-4-6-13;/h2-6,9,11-12,14,17H,7-8,10H2,1H3,(H,19,21);1H. The zero-order valence-electron chi connectivity index (χ0n) is 12.5. The van der Waals surface area contributed by atoms with E-state index in [4.69, 9.17) is 0 Å². The van der Waals surface area contributed by atoms with Crippen molar-refractivity contribution in [1.82, 2.24) is 15.1 Å². The van der Waals surface area contributed by atoms with E-state index in [1.165, 1.54) is 5.56 Å². The van der Waals surface area contributed by atoms with Gasteiger partial charge < -0.3 is 10.6 Å². The third kappa shape index (κ3) is 3.87. The molecule has 1 aliphatic rings. The van der Waals surface area contributed by atoms with E-state index in [1.54, 1.807) is 6.20 Å². The molecule has 0 bridgehead atoms. The van der Waals surface area contributed by atoms with Crippen LogP contribution in [0.3, 0.4) is 0 Å². The summed E-state index contributed by atoms with van der Waals surface area (Å²) in [7, 11) is 0. The molecule has 0 radical (unpaired) electrons. The first kappa shape index (κ1) is 16.5. The van der Waals surface area contributed by atoms with Gasteiger partial charge in [0.15, 0.2) is 0 Å². The monoisotopic (exact) mass is 320 g/mol. The molecule has 0 aliphatic carbocycles. The molecule has 1 atom stereocenters. The molecule has 5 nitrogen and oxygen atoms in total. The number of rotatable bonds is 5. The van der Waals surface area contributed by atoms with Crippen LogP contribution >= 0.6 is 12.4 Å². The highest BCUT2D eigenvalue weighted by molar-refractivity contribution is 5.92. The van der Waals surface area contributed by atoms with Gasteiger partial charge in [-0.25, -0.2) is 0 Å². The smallest absolute Gasteiger partial charge is 0.227 e. The van der Waals surface area contributed by atoms with E-state index >= 15 is 0 Å². The molecule has 1 aromatic carbocycles. The van der Waals surface area contributed by atoms with Crippen molar-refractivity contribution in [3.8, 4) is 0 Å². The fourth-order valence-electron chi connectivity index (χ4n) is 2.42. The normalized spacial score (nSPS) is 15.5. The Morgan fingerprint density at radius 3 is 2.77 bits per heavy atom. The summed E-state index contributed by atoms with van der Waals surface area (Å²) in [4.78, 5) is 12.1. The number of amides is 1. The van der Waals surface area contributed by atoms with E-state index in [2.05, 4.69) is 27.9 Å². The molecule has 1 amide bonds. The van der Waals surface area contributed by atoms with Gasteiger partial charge in [-0.3, -0.25) is 9.48 Å². The van der Waals surface area contributed by atoms with E-state index in [0.29, 0.717) is 12.5 Å². The second kappa shape index (κ2) is 7.42. The van der Waals surface area contributed by atoms with Crippen molar-refractivity contribution < 1.29 is 4.79 Å². The lowest BCUT2D eigenvalue weighted by atomic mass is 9.88. The van der Waals surface area contributed by atoms with Crippen molar-refractivity contribution >= 4 is 24.0 Å². The van der Waals surface area contributed by atoms with Gasteiger partial charge in [0.25, 0.3) is 0 Å². The summed E-state index contributed by atoms with van der Waals surface area (Å²) in [5.41, 5.74) is 1.95. The molecule has 0 saturated carbocycles. The number of benzene rings is 1. The number of carbonyl (C=O) groups is 1. The van der Waals surface area contributed by atoms with Crippen LogP contribution in [0.5, 0.6) is 0 Å². The Kier molecular flexibility index (Phi) is 5.57. The maximum absolute atomic E-state index is 12.1. The average molecular weight is 321 g/mol. The van der Waals surface area contributed by atoms with Gasteiger partial charge in [0, 0.05) is 12.1 Å². The lowest BCUT2D eigenvalue weighted by molar-refractivity contribution is -0.121. The van der Waals surface area contributed by atoms with Crippen LogP contribution in [0.1, 0.15) is 12.5 Å². The molecule has 3 rings (SSSR count). The van der Waals surface area contributed by atoms with Gasteiger partial charge in [-0.1, -0.05) is 37.3 Å². The molecule has 1 aromatic heterocycles. The topological polar surface area (TPSA) is 59.0 Å². The molecule has 2 heterocycles. The SMILES string of the molecule is CC(C(=O)Nc1cnn(Cc2ccccc2)c1)C1CNC1.Cl. The first-order valence-corrected chi connectivity index (χ1v) is 7.30. The molecule has 1 aliphatic heterocycles. The van der Waals surface area contributed by atoms with Gasteiger partial charge in [0.05, 0.1) is 18.4 Å². The van der Waals surface area contributed by atoms with Crippen molar-refractivity contribution in [2.24, 2.45) is 11.8 Å². The van der Waals surface area contributed by atoms with Crippen molar-refractivity contribution in [3.05, 3.63) is 48.3 Å². The van der Waals surface area contributed by atoms with E-state index in [-0.39, 0.29) is 24.2 Å². The van der Waals surface area contributed by atoms with Gasteiger partial charge >= 0.3 is 0 Å². The second-order valence-electron chi connectivity index (χ2n) is 5.61. The quantitative estimate of drug-likeness (QED) is 0.887. The third-order valence-electron chi connectivity index (χ3n) is 4.02. The minimum atomic E-state index is 0. The van der Waals surface area contributed by atoms with Gasteiger partial charge in [0.1, 0.15) is 0 Å². The largest absolute Gasteiger partial charge is 0.323 e. The minimum Gasteiger partial charge on any atom is -0.323 e. The fourth-order valence-corrected chi connectivity index (χ4v) is 2.42. The molecule has 6 heteroatoms. The summed E-state index contributed by atoms with van der Waals surface area (Å²) in [6.07, 6.45) is 3.57. The van der Waals surface area contributed by atoms with E-state index in [1.807, 2.05) is 36.0 Å². The van der Waals surface area contributed by atoms with Gasteiger partial charge in [-0.2, -0.15) is 5.10 Å². The Morgan fingerprint density at radius 2 is 2.14 bits per heavy atom. The summed E-state index contributed by atoms with van der Waals surface area (Å²) in [6, 6.07) is 10.1. The lowest BCUT2D eigenvalue weighted by Gasteiger charge is -2.31. The second-order valence-corrected chi connectivity index (χ2v) is 5.61. The number of anilines is 1. The Bertz CT molecular complexity index is 610. The Hall–Kier alpha value is -1.85. The first-order valence-electron chi connectivity index (χ1n) is 7.30. The van der Waals surface area contributed by atoms with Gasteiger partial charge in [-0.05, 0) is 24.6 Å². The van der Waals surface area contributed by atoms with E-state index in [0.717, 1.165) is 18.8 Å². The number of halogens is 1. The molecule has 1 unspecified atom stereocenters. The number of hydrogen-bond donors (Lipinski definition) is 2. The van der Waals surface area contributed by atoms with Crippen LogP contribution in [0, 0.1) is 11.8 Å². The Morgan fingerprint density at radius 1 is 1.41 bits per heavy atom. The molecule has 2 N–H and O–H groups in total. The highest BCUT2D eigenvalue weighted by Gasteiger charge is 2.28. The molecule has 1 fully saturated rings. The summed E-state index contributed by atoms with van der Waals surface area (Å²) in [5, 5.41) is 10.4. The Balaban J connectivity index is 0.00000176. The zero-order valence-corrected chi connectivity index (χ0v) is 13.3. The zero-order chi connectivity index (χ0) is 14.7. The molecular formula is C16H21ClN4O. The van der Waals surface area contributed by atoms with Crippen LogP contribution in [-0.4, -0.2) is 28.8 Å². The predicted molar refractivity (Wildman–Crippen MR) is 89.2 cm³/mol. The lowest BCUT2D eigenvalue weighted by Crippen LogP contribution is -2.48. The van der Waals surface area contributed by atoms with Crippen LogP contribution in [0.15, 0.2) is 42.7 Å². The van der Waals surface area contributed by atoms with Crippen molar-refractivity contribution in [2.45, 2.75) is 13.5 Å². The maximum Gasteiger partial charge on any atom is 0.227 e. The number of nitrogens with zero attached hydrogens (tertiary/aromatic N) is 2. The van der Waals surface area contributed by atoms with Crippen LogP contribution < -0.4 is 10.6 Å². The third-order valence-corrected chi connectivity index (χ3v) is 4.02. The molecular weight excluding hydrogens is 300 g/mol. The first-order chi connectivity index (χ1) is 10.2. The van der Waals surface area contributed by atoms with Gasteiger partial charge in [0.2, 0.25) is 5.91 Å². The average Bonchev–Trinajstić information content (AvgIpc) is 2.85. The fraction of sp³-hybridized carbons (Fsp3) is 0.375. The number of carbonyl (C=O) groups excluding carboxylic acids is 1. The van der Waals surface area contributed by atoms with Crippen molar-refractivity contribution in [2.75, 3.05) is 18.4 Å². The van der Waals surface area contributed by atoms with Crippen LogP contribution in [0.4, 0.5) is 5.69 Å². The van der Waals surface area contributed by atoms with Crippen LogP contribution in [0.2, 0.25) is 0 Å². The van der Waals surface area contributed by atoms with E-state index in [9.17, 15) is 4.79 Å². The summed E-state index contributed by atoms with van der Waals surface area (Å²) in [6.45, 7) is 4.55. The summed E-state index contributed by atoms with van der Waals surface area (Å²) < 4.78 is 1.83.